The number of aliphatic carboxylic acids is 1. The van der Waals surface area contributed by atoms with E-state index in [-0.39, 0.29) is 12.6 Å². The van der Waals surface area contributed by atoms with Crippen LogP contribution in [-0.2, 0) is 14.3 Å². The zero-order valence-corrected chi connectivity index (χ0v) is 11.8. The van der Waals surface area contributed by atoms with Crippen LogP contribution >= 0.6 is 0 Å². The monoisotopic (exact) mass is 279 g/mol. The highest BCUT2D eigenvalue weighted by molar-refractivity contribution is 5.86. The Kier molecular flexibility index (Phi) is 32.4. The highest BCUT2D eigenvalue weighted by Crippen LogP contribution is 1.90. The molecule has 0 bridgehead atoms. The summed E-state index contributed by atoms with van der Waals surface area (Å²) < 4.78 is 4.60. The number of esters is 1. The van der Waals surface area contributed by atoms with Crippen LogP contribution < -0.4 is 0 Å². The molecule has 0 aliphatic carbocycles. The lowest BCUT2D eigenvalue weighted by Crippen LogP contribution is -2.03. The van der Waals surface area contributed by atoms with Crippen LogP contribution in [0.25, 0.3) is 0 Å². The van der Waals surface area contributed by atoms with Crippen LogP contribution in [0.1, 0.15) is 6.92 Å². The molecule has 110 valence electrons. The lowest BCUT2D eigenvalue weighted by molar-refractivity contribution is -0.137. The molecule has 0 atom stereocenters. The van der Waals surface area contributed by atoms with Crippen molar-refractivity contribution in [3.63, 3.8) is 0 Å². The first kappa shape index (κ1) is 25.9. The highest BCUT2D eigenvalue weighted by atomic mass is 16.5. The first-order valence-electron chi connectivity index (χ1n) is 5.16. The SMILES string of the molecule is C=C.C=CC#N.C=CC(=O)O.C=CCOC(=O)C(=C)C. The molecular formula is C15H21NO4. The standard InChI is InChI=1S/C7H10O2.C3H3N.C3H4O2.C2H4/c1-4-5-9-7(8)6(2)3;1-2-3-4;1-2-3(4)5;1-2/h4H,1-2,5H2,3H3;2H,1H2;2H,1H2,(H,4,5);1-2H2. The van der Waals surface area contributed by atoms with Gasteiger partial charge in [-0.1, -0.05) is 32.4 Å². The molecule has 0 saturated carbocycles. The Hall–Kier alpha value is -2.87. The topological polar surface area (TPSA) is 87.4 Å². The minimum Gasteiger partial charge on any atom is -0.478 e. The zero-order valence-electron chi connectivity index (χ0n) is 11.8. The van der Waals surface area contributed by atoms with Crippen LogP contribution in [0.15, 0.2) is 63.3 Å². The van der Waals surface area contributed by atoms with Crippen molar-refractivity contribution in [2.24, 2.45) is 0 Å². The van der Waals surface area contributed by atoms with Crippen molar-refractivity contribution in [2.75, 3.05) is 6.61 Å². The van der Waals surface area contributed by atoms with Crippen LogP contribution in [0.4, 0.5) is 0 Å². The van der Waals surface area contributed by atoms with Crippen molar-refractivity contribution >= 4 is 11.9 Å². The van der Waals surface area contributed by atoms with Crippen LogP contribution in [0, 0.1) is 11.3 Å². The van der Waals surface area contributed by atoms with Crippen molar-refractivity contribution in [1.82, 2.24) is 0 Å². The molecule has 20 heavy (non-hydrogen) atoms. The van der Waals surface area contributed by atoms with Gasteiger partial charge in [-0.25, -0.2) is 9.59 Å². The second kappa shape index (κ2) is 25.1. The van der Waals surface area contributed by atoms with E-state index in [2.05, 4.69) is 44.2 Å². The summed E-state index contributed by atoms with van der Waals surface area (Å²) in [6.45, 7) is 20.7. The van der Waals surface area contributed by atoms with E-state index < -0.39 is 5.97 Å². The molecule has 0 aliphatic heterocycles. The van der Waals surface area contributed by atoms with Gasteiger partial charge in [0, 0.05) is 17.7 Å². The maximum Gasteiger partial charge on any atom is 0.333 e. The van der Waals surface area contributed by atoms with Crippen molar-refractivity contribution in [3.05, 3.63) is 63.3 Å². The van der Waals surface area contributed by atoms with Crippen LogP contribution in [-0.4, -0.2) is 23.7 Å². The van der Waals surface area contributed by atoms with Gasteiger partial charge in [0.05, 0.1) is 6.07 Å². The molecule has 0 unspecified atom stereocenters. The maximum absolute atomic E-state index is 10.5. The number of allylic oxidation sites excluding steroid dienone is 1. The fraction of sp³-hybridized carbons (Fsp3) is 0.133. The summed E-state index contributed by atoms with van der Waals surface area (Å²) in [5.41, 5.74) is 0.414. The lowest BCUT2D eigenvalue weighted by Gasteiger charge is -1.97. The molecule has 0 fully saturated rings. The van der Waals surface area contributed by atoms with E-state index in [1.165, 1.54) is 12.2 Å². The molecule has 5 heteroatoms. The van der Waals surface area contributed by atoms with Gasteiger partial charge in [0.2, 0.25) is 0 Å². The number of hydrogen-bond acceptors (Lipinski definition) is 4. The molecule has 0 rings (SSSR count). The molecule has 0 amide bonds. The molecule has 0 aromatic heterocycles. The van der Waals surface area contributed by atoms with Gasteiger partial charge in [-0.3, -0.25) is 0 Å². The van der Waals surface area contributed by atoms with E-state index in [4.69, 9.17) is 10.4 Å². The first-order chi connectivity index (χ1) is 9.37. The van der Waals surface area contributed by atoms with E-state index in [9.17, 15) is 9.59 Å². The summed E-state index contributed by atoms with van der Waals surface area (Å²) >= 11 is 0. The quantitative estimate of drug-likeness (QED) is 0.370. The number of hydrogen-bond donors (Lipinski definition) is 1. The minimum atomic E-state index is -0.981. The number of nitrogens with zero attached hydrogens (tertiary/aromatic N) is 1. The number of rotatable bonds is 4. The molecule has 0 aliphatic rings. The van der Waals surface area contributed by atoms with Crippen molar-refractivity contribution in [1.29, 1.82) is 5.26 Å². The Morgan fingerprint density at radius 2 is 1.65 bits per heavy atom. The molecule has 0 saturated heterocycles. The van der Waals surface area contributed by atoms with Gasteiger partial charge >= 0.3 is 11.9 Å². The molecule has 5 nitrogen and oxygen atoms in total. The zero-order chi connectivity index (χ0) is 17.0. The third-order valence-corrected chi connectivity index (χ3v) is 0.947. The van der Waals surface area contributed by atoms with Gasteiger partial charge in [-0.05, 0) is 6.92 Å². The first-order valence-corrected chi connectivity index (χ1v) is 5.16. The Morgan fingerprint density at radius 3 is 1.80 bits per heavy atom. The minimum absolute atomic E-state index is 0.256. The predicted octanol–water partition coefficient (Wildman–Crippen LogP) is 3.05. The summed E-state index contributed by atoms with van der Waals surface area (Å²) in [5.74, 6) is -1.35. The second-order valence-corrected chi connectivity index (χ2v) is 2.54. The summed E-state index contributed by atoms with van der Waals surface area (Å²) in [5, 5.41) is 15.1. The molecule has 1 N–H and O–H groups in total. The number of carboxylic acid groups (broad SMARTS) is 1. The van der Waals surface area contributed by atoms with Gasteiger partial charge in [-0.15, -0.1) is 13.2 Å². The number of carboxylic acids is 1. The van der Waals surface area contributed by atoms with Gasteiger partial charge in [0.25, 0.3) is 0 Å². The Labute approximate surface area is 120 Å². The number of ether oxygens (including phenoxy) is 1. The largest absolute Gasteiger partial charge is 0.478 e. The van der Waals surface area contributed by atoms with Gasteiger partial charge in [0.1, 0.15) is 6.61 Å². The number of carbonyl (C=O) groups is 2. The van der Waals surface area contributed by atoms with Gasteiger partial charge in [-0.2, -0.15) is 5.26 Å². The summed E-state index contributed by atoms with van der Waals surface area (Å²) in [6, 6.07) is 1.69. The fourth-order valence-corrected chi connectivity index (χ4v) is 0.258. The Morgan fingerprint density at radius 1 is 1.30 bits per heavy atom. The van der Waals surface area contributed by atoms with Crippen LogP contribution in [0.2, 0.25) is 0 Å². The number of nitriles is 1. The summed E-state index contributed by atoms with van der Waals surface area (Å²) in [7, 11) is 0. The van der Waals surface area contributed by atoms with Gasteiger partial charge < -0.3 is 9.84 Å². The summed E-state index contributed by atoms with van der Waals surface area (Å²) in [6.07, 6.45) is 3.53. The average molecular weight is 279 g/mol. The van der Waals surface area contributed by atoms with Crippen LogP contribution in [0.5, 0.6) is 0 Å². The molecule has 0 heterocycles. The van der Waals surface area contributed by atoms with Gasteiger partial charge in [0.15, 0.2) is 0 Å². The van der Waals surface area contributed by atoms with E-state index in [1.54, 1.807) is 13.0 Å². The normalized spacial score (nSPS) is 6.20. The van der Waals surface area contributed by atoms with Crippen molar-refractivity contribution < 1.29 is 19.4 Å². The molecule has 0 aromatic rings. The smallest absolute Gasteiger partial charge is 0.333 e. The summed E-state index contributed by atoms with van der Waals surface area (Å²) in [4.78, 5) is 19.8. The Bertz CT molecular complexity index is 365. The molecule has 0 aromatic carbocycles. The highest BCUT2D eigenvalue weighted by Gasteiger charge is 1.98. The lowest BCUT2D eigenvalue weighted by atomic mass is 10.4. The predicted molar refractivity (Wildman–Crippen MR) is 80.9 cm³/mol. The average Bonchev–Trinajstić information content (AvgIpc) is 2.47. The van der Waals surface area contributed by atoms with Crippen molar-refractivity contribution in [2.45, 2.75) is 6.92 Å². The third-order valence-electron chi connectivity index (χ3n) is 0.947. The fourth-order valence-electron chi connectivity index (χ4n) is 0.258. The molecular weight excluding hydrogens is 258 g/mol. The van der Waals surface area contributed by atoms with Crippen LogP contribution in [0.3, 0.4) is 0 Å². The Balaban J connectivity index is -0.0000000990. The van der Waals surface area contributed by atoms with E-state index in [0.717, 1.165) is 6.08 Å². The maximum atomic E-state index is 10.5. The van der Waals surface area contributed by atoms with Crippen molar-refractivity contribution in [3.8, 4) is 6.07 Å². The third kappa shape index (κ3) is 45.7. The van der Waals surface area contributed by atoms with E-state index >= 15 is 0 Å². The second-order valence-electron chi connectivity index (χ2n) is 2.54. The molecule has 0 spiro atoms. The van der Waals surface area contributed by atoms with E-state index in [0.29, 0.717) is 5.57 Å². The molecule has 0 radical (unpaired) electrons. The van der Waals surface area contributed by atoms with E-state index in [1.807, 2.05) is 0 Å². The number of carbonyl (C=O) groups excluding carboxylic acids is 1.